The topological polar surface area (TPSA) is 54.9 Å². The Morgan fingerprint density at radius 2 is 1.80 bits per heavy atom. The molecule has 0 atom stereocenters. The van der Waals surface area contributed by atoms with Crippen LogP contribution < -0.4 is 10.6 Å². The van der Waals surface area contributed by atoms with E-state index in [-0.39, 0.29) is 11.2 Å². The fraction of sp³-hybridized carbons (Fsp3) is 0.458. The molecule has 0 aliphatic heterocycles. The first-order chi connectivity index (χ1) is 14.6. The van der Waals surface area contributed by atoms with E-state index in [0.717, 1.165) is 42.0 Å². The summed E-state index contributed by atoms with van der Waals surface area (Å²) in [6.45, 7) is 5.89. The van der Waals surface area contributed by atoms with Gasteiger partial charge in [0.25, 0.3) is 0 Å². The van der Waals surface area contributed by atoms with E-state index in [1.165, 1.54) is 6.07 Å². The molecule has 162 valence electrons. The van der Waals surface area contributed by atoms with Gasteiger partial charge in [-0.25, -0.2) is 4.39 Å². The molecule has 0 spiro atoms. The minimum Gasteiger partial charge on any atom is -0.379 e. The highest BCUT2D eigenvalue weighted by molar-refractivity contribution is 5.79. The van der Waals surface area contributed by atoms with Gasteiger partial charge in [-0.05, 0) is 48.6 Å². The molecule has 0 saturated heterocycles. The van der Waals surface area contributed by atoms with Crippen molar-refractivity contribution in [2.24, 2.45) is 4.99 Å². The van der Waals surface area contributed by atoms with E-state index < -0.39 is 0 Å². The van der Waals surface area contributed by atoms with Crippen LogP contribution in [0.4, 0.5) is 4.39 Å². The van der Waals surface area contributed by atoms with Crippen LogP contribution in [-0.2, 0) is 28.0 Å². The van der Waals surface area contributed by atoms with Crippen molar-refractivity contribution in [1.29, 1.82) is 0 Å². The number of nitrogens with one attached hydrogen (secondary N) is 2. The van der Waals surface area contributed by atoms with Gasteiger partial charge in [0.15, 0.2) is 5.96 Å². The lowest BCUT2D eigenvalue weighted by Crippen LogP contribution is -2.40. The van der Waals surface area contributed by atoms with E-state index in [4.69, 9.17) is 9.47 Å². The van der Waals surface area contributed by atoms with Crippen molar-refractivity contribution in [3.63, 3.8) is 0 Å². The summed E-state index contributed by atoms with van der Waals surface area (Å²) in [4.78, 5) is 4.33. The van der Waals surface area contributed by atoms with Crippen LogP contribution in [0.5, 0.6) is 0 Å². The molecule has 1 saturated carbocycles. The molecule has 6 heteroatoms. The Hall–Kier alpha value is -2.44. The van der Waals surface area contributed by atoms with Crippen molar-refractivity contribution in [3.05, 3.63) is 71.0 Å². The van der Waals surface area contributed by atoms with E-state index in [2.05, 4.69) is 33.8 Å². The Balaban J connectivity index is 1.46. The number of rotatable bonds is 11. The maximum atomic E-state index is 13.6. The van der Waals surface area contributed by atoms with Crippen LogP contribution in [0.2, 0.25) is 0 Å². The second-order valence-electron chi connectivity index (χ2n) is 7.64. The fourth-order valence-corrected chi connectivity index (χ4v) is 3.48. The zero-order chi connectivity index (χ0) is 21.2. The molecule has 30 heavy (non-hydrogen) atoms. The number of hydrogen-bond donors (Lipinski definition) is 2. The van der Waals surface area contributed by atoms with Gasteiger partial charge in [0.05, 0.1) is 19.8 Å². The summed E-state index contributed by atoms with van der Waals surface area (Å²) >= 11 is 0. The Kier molecular flexibility index (Phi) is 8.22. The monoisotopic (exact) mass is 413 g/mol. The van der Waals surface area contributed by atoms with Gasteiger partial charge < -0.3 is 20.1 Å². The third-order valence-electron chi connectivity index (χ3n) is 5.40. The Bertz CT molecular complexity index is 837. The summed E-state index contributed by atoms with van der Waals surface area (Å²) in [5, 5.41) is 6.77. The van der Waals surface area contributed by atoms with Crippen LogP contribution >= 0.6 is 0 Å². The van der Waals surface area contributed by atoms with Gasteiger partial charge in [-0.2, -0.15) is 0 Å². The van der Waals surface area contributed by atoms with Crippen LogP contribution in [-0.4, -0.2) is 39.4 Å². The van der Waals surface area contributed by atoms with E-state index in [0.29, 0.717) is 33.0 Å². The van der Waals surface area contributed by atoms with Gasteiger partial charge in [0.2, 0.25) is 0 Å². The number of nitrogens with zero attached hydrogens (tertiary/aromatic N) is 1. The average Bonchev–Trinajstić information content (AvgIpc) is 3.55. The van der Waals surface area contributed by atoms with Crippen LogP contribution in [0.25, 0.3) is 0 Å². The van der Waals surface area contributed by atoms with Crippen LogP contribution in [0.15, 0.2) is 53.5 Å². The zero-order valence-corrected chi connectivity index (χ0v) is 17.9. The smallest absolute Gasteiger partial charge is 0.191 e. The van der Waals surface area contributed by atoms with E-state index in [1.807, 2.05) is 19.1 Å². The highest BCUT2D eigenvalue weighted by Gasteiger charge is 2.44. The number of guanidine groups is 1. The first-order valence-corrected chi connectivity index (χ1v) is 10.6. The molecule has 0 bridgehead atoms. The maximum absolute atomic E-state index is 13.6. The number of benzene rings is 2. The predicted octanol–water partition coefficient (Wildman–Crippen LogP) is 3.78. The molecule has 0 aromatic heterocycles. The molecule has 2 aromatic rings. The fourth-order valence-electron chi connectivity index (χ4n) is 3.48. The molecule has 1 aliphatic carbocycles. The quantitative estimate of drug-likeness (QED) is 0.334. The van der Waals surface area contributed by atoms with Gasteiger partial charge in [0.1, 0.15) is 5.82 Å². The minimum absolute atomic E-state index is 0.0124. The number of ether oxygens (including phenoxy) is 2. The van der Waals surface area contributed by atoms with Crippen molar-refractivity contribution in [2.75, 3.05) is 33.4 Å². The molecule has 2 N–H and O–H groups in total. The summed E-state index contributed by atoms with van der Waals surface area (Å²) < 4.78 is 24.5. The molecule has 3 rings (SSSR count). The summed E-state index contributed by atoms with van der Waals surface area (Å²) in [7, 11) is 1.76. The number of aliphatic imine (C=N–C) groups is 1. The predicted molar refractivity (Wildman–Crippen MR) is 118 cm³/mol. The van der Waals surface area contributed by atoms with Crippen molar-refractivity contribution in [2.45, 2.75) is 38.3 Å². The van der Waals surface area contributed by atoms with E-state index in [1.54, 1.807) is 19.2 Å². The van der Waals surface area contributed by atoms with Gasteiger partial charge >= 0.3 is 0 Å². The molecular formula is C24H32FN3O2. The highest BCUT2D eigenvalue weighted by atomic mass is 19.1. The van der Waals surface area contributed by atoms with Crippen molar-refractivity contribution >= 4 is 5.96 Å². The minimum atomic E-state index is -0.178. The normalized spacial score (nSPS) is 15.1. The van der Waals surface area contributed by atoms with Crippen LogP contribution in [0.3, 0.4) is 0 Å². The van der Waals surface area contributed by atoms with Crippen molar-refractivity contribution in [3.8, 4) is 0 Å². The summed E-state index contributed by atoms with van der Waals surface area (Å²) in [5.74, 6) is 0.569. The Labute approximate surface area is 178 Å². The van der Waals surface area contributed by atoms with E-state index in [9.17, 15) is 4.39 Å². The molecule has 1 aliphatic rings. The van der Waals surface area contributed by atoms with Crippen LogP contribution in [0.1, 0.15) is 36.5 Å². The van der Waals surface area contributed by atoms with Gasteiger partial charge in [0, 0.05) is 32.2 Å². The second-order valence-corrected chi connectivity index (χ2v) is 7.64. The lowest BCUT2D eigenvalue weighted by molar-refractivity contribution is 0.0453. The Morgan fingerprint density at radius 3 is 2.53 bits per heavy atom. The van der Waals surface area contributed by atoms with E-state index >= 15 is 0 Å². The number of halogens is 1. The zero-order valence-electron chi connectivity index (χ0n) is 17.9. The molecule has 1 fully saturated rings. The number of hydrogen-bond acceptors (Lipinski definition) is 3. The molecule has 0 heterocycles. The van der Waals surface area contributed by atoms with Gasteiger partial charge in [-0.15, -0.1) is 0 Å². The van der Waals surface area contributed by atoms with Crippen molar-refractivity contribution < 1.29 is 13.9 Å². The van der Waals surface area contributed by atoms with Gasteiger partial charge in [-0.3, -0.25) is 4.99 Å². The maximum Gasteiger partial charge on any atom is 0.191 e. The molecule has 5 nitrogen and oxygen atoms in total. The Morgan fingerprint density at radius 1 is 1.03 bits per heavy atom. The summed E-state index contributed by atoms with van der Waals surface area (Å²) in [6.07, 6.45) is 2.12. The standard InChI is InChI=1S/C24H32FN3O2/c1-3-29-12-13-30-17-20-7-4-6-19(14-20)16-27-23(26-2)28-18-24(10-11-24)21-8-5-9-22(25)15-21/h4-9,14-15H,3,10-13,16-18H2,1-2H3,(H2,26,27,28). The first kappa shape index (κ1) is 22.2. The van der Waals surface area contributed by atoms with Gasteiger partial charge in [-0.1, -0.05) is 36.4 Å². The third-order valence-corrected chi connectivity index (χ3v) is 5.40. The lowest BCUT2D eigenvalue weighted by Gasteiger charge is -2.19. The third kappa shape index (κ3) is 6.54. The molecule has 0 amide bonds. The lowest BCUT2D eigenvalue weighted by atomic mass is 9.96. The summed E-state index contributed by atoms with van der Waals surface area (Å²) in [5.41, 5.74) is 3.37. The SMILES string of the molecule is CCOCCOCc1cccc(CNC(=NC)NCC2(c3cccc(F)c3)CC2)c1. The average molecular weight is 414 g/mol. The van der Waals surface area contributed by atoms with Crippen molar-refractivity contribution in [1.82, 2.24) is 10.6 Å². The van der Waals surface area contributed by atoms with Crippen LogP contribution in [0, 0.1) is 5.82 Å². The molecule has 2 aromatic carbocycles. The highest BCUT2D eigenvalue weighted by Crippen LogP contribution is 2.47. The molecule has 0 radical (unpaired) electrons. The molecular weight excluding hydrogens is 381 g/mol. The second kappa shape index (κ2) is 11.1. The largest absolute Gasteiger partial charge is 0.379 e. The first-order valence-electron chi connectivity index (χ1n) is 10.6. The molecule has 0 unspecified atom stereocenters. The summed E-state index contributed by atoms with van der Waals surface area (Å²) in [6, 6.07) is 15.2.